The summed E-state index contributed by atoms with van der Waals surface area (Å²) in [5, 5.41) is 15.3. The lowest BCUT2D eigenvalue weighted by Gasteiger charge is -2.17. The van der Waals surface area contributed by atoms with Gasteiger partial charge in [0.2, 0.25) is 5.27 Å². The third-order valence-electron chi connectivity index (χ3n) is 2.89. The zero-order chi connectivity index (χ0) is 14.5. The van der Waals surface area contributed by atoms with E-state index in [9.17, 15) is 5.11 Å². The quantitative estimate of drug-likeness (QED) is 0.482. The van der Waals surface area contributed by atoms with Gasteiger partial charge in [0.25, 0.3) is 6.20 Å². The average Bonchev–Trinajstić information content (AvgIpc) is 2.88. The van der Waals surface area contributed by atoms with Gasteiger partial charge in [-0.25, -0.2) is 4.99 Å². The summed E-state index contributed by atoms with van der Waals surface area (Å²) < 4.78 is 6.72. The van der Waals surface area contributed by atoms with Crippen molar-refractivity contribution in [1.82, 2.24) is 10.2 Å². The molecule has 2 aromatic rings. The van der Waals surface area contributed by atoms with Gasteiger partial charge in [-0.1, -0.05) is 30.3 Å². The second kappa shape index (κ2) is 7.64. The maximum absolute atomic E-state index is 11.4. The van der Waals surface area contributed by atoms with Crippen LogP contribution in [-0.2, 0) is 6.42 Å². The van der Waals surface area contributed by atoms with Gasteiger partial charge in [0, 0.05) is 27.4 Å². The van der Waals surface area contributed by atoms with Crippen molar-refractivity contribution < 1.29 is 14.3 Å². The summed E-state index contributed by atoms with van der Waals surface area (Å²) in [5.41, 5.74) is 1.22. The smallest absolute Gasteiger partial charge is 0.322 e. The first-order valence-corrected chi connectivity index (χ1v) is 6.41. The van der Waals surface area contributed by atoms with Crippen molar-refractivity contribution in [2.24, 2.45) is 4.99 Å². The molecular weight excluding hydrogens is 292 g/mol. The van der Waals surface area contributed by atoms with E-state index >= 15 is 0 Å². The average molecular weight is 311 g/mol. The van der Waals surface area contributed by atoms with Crippen molar-refractivity contribution in [1.29, 1.82) is 0 Å². The van der Waals surface area contributed by atoms with Crippen molar-refractivity contribution in [3.63, 3.8) is 0 Å². The second-order valence-corrected chi connectivity index (χ2v) is 4.85. The van der Waals surface area contributed by atoms with Gasteiger partial charge in [-0.15, -0.1) is 12.4 Å². The number of amidine groups is 1. The van der Waals surface area contributed by atoms with E-state index in [4.69, 9.17) is 4.52 Å². The minimum absolute atomic E-state index is 0. The van der Waals surface area contributed by atoms with Crippen LogP contribution in [0.3, 0.4) is 0 Å². The summed E-state index contributed by atoms with van der Waals surface area (Å²) in [4.78, 5) is 5.18. The highest BCUT2D eigenvalue weighted by Crippen LogP contribution is 2.11. The Hall–Kier alpha value is -2.08. The molecule has 0 aliphatic heterocycles. The molecule has 1 aromatic heterocycles. The normalized spacial score (nSPS) is 12.6. The van der Waals surface area contributed by atoms with Crippen LogP contribution in [0.25, 0.3) is 0 Å². The number of halogens is 1. The van der Waals surface area contributed by atoms with Crippen LogP contribution in [-0.4, -0.2) is 30.3 Å². The molecule has 1 heterocycles. The van der Waals surface area contributed by atoms with Gasteiger partial charge in [-0.2, -0.15) is 0 Å². The molecule has 0 amide bonds. The molecule has 0 radical (unpaired) electrons. The summed E-state index contributed by atoms with van der Waals surface area (Å²) in [6.45, 7) is 2.03. The molecule has 0 fully saturated rings. The van der Waals surface area contributed by atoms with Gasteiger partial charge in [-0.05, 0) is 10.2 Å². The van der Waals surface area contributed by atoms with Gasteiger partial charge in [0.15, 0.2) is 6.04 Å². The number of benzene rings is 1. The Morgan fingerprint density at radius 3 is 2.67 bits per heavy atom. The lowest BCUT2D eigenvalue weighted by Crippen LogP contribution is -2.40. The van der Waals surface area contributed by atoms with Crippen molar-refractivity contribution in [3.05, 3.63) is 42.1 Å². The van der Waals surface area contributed by atoms with E-state index in [1.165, 1.54) is 10.5 Å². The lowest BCUT2D eigenvalue weighted by atomic mass is 10.1. The monoisotopic (exact) mass is 310 g/mol. The zero-order valence-corrected chi connectivity index (χ0v) is 13.1. The highest BCUT2D eigenvalue weighted by molar-refractivity contribution is 5.85. The number of hydrogen-bond donors (Lipinski definition) is 0. The van der Waals surface area contributed by atoms with Crippen LogP contribution in [0.15, 0.2) is 46.0 Å². The number of rotatable bonds is 4. The fraction of sp³-hybridized carbons (Fsp3) is 0.357. The first-order chi connectivity index (χ1) is 9.56. The minimum Gasteiger partial charge on any atom is -0.846 e. The molecule has 0 N–H and O–H groups in total. The van der Waals surface area contributed by atoms with Crippen molar-refractivity contribution in [2.45, 2.75) is 19.4 Å². The number of nitrogens with zero attached hydrogens (tertiary/aromatic N) is 4. The predicted molar refractivity (Wildman–Crippen MR) is 79.6 cm³/mol. The Balaban J connectivity index is 0.00000220. The summed E-state index contributed by atoms with van der Waals surface area (Å²) in [5.74, 6) is 0.212. The molecule has 0 spiro atoms. The molecule has 7 heteroatoms. The van der Waals surface area contributed by atoms with E-state index in [2.05, 4.69) is 22.4 Å². The molecule has 0 aliphatic rings. The van der Waals surface area contributed by atoms with Gasteiger partial charge in [0.05, 0.1) is 6.02 Å². The van der Waals surface area contributed by atoms with Gasteiger partial charge in [0.1, 0.15) is 0 Å². The zero-order valence-electron chi connectivity index (χ0n) is 12.3. The third kappa shape index (κ3) is 4.75. The largest absolute Gasteiger partial charge is 0.846 e. The molecule has 0 aliphatic carbocycles. The van der Waals surface area contributed by atoms with Crippen LogP contribution in [0.1, 0.15) is 18.5 Å². The third-order valence-corrected chi connectivity index (χ3v) is 2.89. The topological polar surface area (TPSA) is 68.6 Å². The molecule has 6 nitrogen and oxygen atoms in total. The van der Waals surface area contributed by atoms with Crippen LogP contribution in [0, 0.1) is 0 Å². The molecule has 1 unspecified atom stereocenters. The van der Waals surface area contributed by atoms with Crippen LogP contribution in [0.4, 0.5) is 5.88 Å². The molecule has 21 heavy (non-hydrogen) atoms. The maximum Gasteiger partial charge on any atom is 0.322 e. The Morgan fingerprint density at radius 1 is 1.38 bits per heavy atom. The van der Waals surface area contributed by atoms with Crippen molar-refractivity contribution >= 4 is 24.3 Å². The van der Waals surface area contributed by atoms with E-state index < -0.39 is 0 Å². The maximum atomic E-state index is 11.4. The SMILES string of the molecule is CC(Cc1ccccc1)[n+]1cc(N=C([O-])N(C)C)on1.Cl. The molecule has 0 bridgehead atoms. The molecule has 1 aromatic carbocycles. The van der Waals surface area contributed by atoms with Gasteiger partial charge in [-0.3, -0.25) is 4.52 Å². The molecule has 2 rings (SSSR count). The van der Waals surface area contributed by atoms with E-state index in [0.717, 1.165) is 6.42 Å². The number of aromatic nitrogens is 2. The number of aliphatic imine (C=N–C) groups is 1. The molecule has 114 valence electrons. The lowest BCUT2D eigenvalue weighted by molar-refractivity contribution is -0.782. The van der Waals surface area contributed by atoms with Crippen LogP contribution >= 0.6 is 12.4 Å². The number of hydrogen-bond acceptors (Lipinski definition) is 4. The molecule has 1 atom stereocenters. The predicted octanol–water partition coefficient (Wildman–Crippen LogP) is 1.10. The Kier molecular flexibility index (Phi) is 6.17. The molecule has 0 saturated heterocycles. The van der Waals surface area contributed by atoms with Gasteiger partial charge < -0.3 is 10.0 Å². The summed E-state index contributed by atoms with van der Waals surface area (Å²) in [6.07, 6.45) is 2.47. The Labute approximate surface area is 130 Å². The standard InChI is InChI=1S/C14H18N4O2.ClH/c1-11(9-12-7-5-4-6-8-12)18-10-13(20-16-18)15-14(19)17(2)3;/h4-8,10-11H,9H2,1-3H3;1H. The van der Waals surface area contributed by atoms with E-state index in [0.29, 0.717) is 0 Å². The highest BCUT2D eigenvalue weighted by Gasteiger charge is 2.19. The highest BCUT2D eigenvalue weighted by atomic mass is 35.5. The van der Waals surface area contributed by atoms with Crippen molar-refractivity contribution in [3.8, 4) is 0 Å². The van der Waals surface area contributed by atoms with E-state index in [-0.39, 0.29) is 30.4 Å². The second-order valence-electron chi connectivity index (χ2n) is 4.85. The Morgan fingerprint density at radius 2 is 2.05 bits per heavy atom. The molecular formula is C14H19ClN4O2. The van der Waals surface area contributed by atoms with E-state index in [1.807, 2.05) is 25.1 Å². The minimum atomic E-state index is -0.371. The first-order valence-electron chi connectivity index (χ1n) is 6.41. The Bertz CT molecular complexity index is 584. The summed E-state index contributed by atoms with van der Waals surface area (Å²) in [7, 11) is 3.27. The van der Waals surface area contributed by atoms with Crippen LogP contribution < -0.4 is 9.79 Å². The van der Waals surface area contributed by atoms with Gasteiger partial charge >= 0.3 is 5.88 Å². The molecule has 0 saturated carbocycles. The summed E-state index contributed by atoms with van der Waals surface area (Å²) >= 11 is 0. The summed E-state index contributed by atoms with van der Waals surface area (Å²) in [6, 6.07) is 9.89. The van der Waals surface area contributed by atoms with Crippen molar-refractivity contribution in [2.75, 3.05) is 14.1 Å². The fourth-order valence-corrected chi connectivity index (χ4v) is 1.75. The first kappa shape index (κ1) is 17.0. The van der Waals surface area contributed by atoms with E-state index in [1.54, 1.807) is 25.0 Å². The van der Waals surface area contributed by atoms with Crippen LogP contribution in [0.2, 0.25) is 0 Å². The van der Waals surface area contributed by atoms with Crippen LogP contribution in [0.5, 0.6) is 0 Å². The fourth-order valence-electron chi connectivity index (χ4n) is 1.75.